The van der Waals surface area contributed by atoms with Crippen LogP contribution in [-0.4, -0.2) is 5.05 Å². The minimum Gasteiger partial charge on any atom is -0.478 e. The Kier molecular flexibility index (Phi) is 11.6. The standard InChI is InChI=1S/C26H36OS/c1-2-3-4-5-6-7-8-9-10-12-15-23-18-20-25(21-19-23)26(28)27-22-24-16-13-11-14-17-24/h11,13-14,16-21H,2-10,12,15,22H2,1H3. The summed E-state index contributed by atoms with van der Waals surface area (Å²) < 4.78 is 5.75. The Hall–Kier alpha value is -1.67. The minimum absolute atomic E-state index is 0.528. The molecule has 0 bridgehead atoms. The largest absolute Gasteiger partial charge is 0.478 e. The summed E-state index contributed by atoms with van der Waals surface area (Å²) in [5.74, 6) is 0. The lowest BCUT2D eigenvalue weighted by atomic mass is 10.0. The maximum Gasteiger partial charge on any atom is 0.191 e. The molecule has 1 nitrogen and oxygen atoms in total. The summed E-state index contributed by atoms with van der Waals surface area (Å²) in [5.41, 5.74) is 3.54. The predicted molar refractivity (Wildman–Crippen MR) is 125 cm³/mol. The van der Waals surface area contributed by atoms with Crippen molar-refractivity contribution in [1.29, 1.82) is 0 Å². The van der Waals surface area contributed by atoms with Crippen LogP contribution in [0.25, 0.3) is 0 Å². The van der Waals surface area contributed by atoms with Crippen molar-refractivity contribution in [2.24, 2.45) is 0 Å². The fraction of sp³-hybridized carbons (Fsp3) is 0.500. The van der Waals surface area contributed by atoms with Crippen molar-refractivity contribution in [3.8, 4) is 0 Å². The lowest BCUT2D eigenvalue weighted by molar-refractivity contribution is 0.302. The molecule has 0 aromatic heterocycles. The molecule has 2 rings (SSSR count). The third-order valence-electron chi connectivity index (χ3n) is 5.22. The minimum atomic E-state index is 0.528. The monoisotopic (exact) mass is 396 g/mol. The van der Waals surface area contributed by atoms with Crippen molar-refractivity contribution >= 4 is 17.3 Å². The van der Waals surface area contributed by atoms with Crippen LogP contribution >= 0.6 is 12.2 Å². The Bertz CT molecular complexity index is 648. The summed E-state index contributed by atoms with van der Waals surface area (Å²) in [6.07, 6.45) is 15.0. The Balaban J connectivity index is 1.56. The average Bonchev–Trinajstić information content (AvgIpc) is 2.74. The molecule has 152 valence electrons. The topological polar surface area (TPSA) is 9.23 Å². The first-order chi connectivity index (χ1) is 13.8. The van der Waals surface area contributed by atoms with Crippen LogP contribution in [0.3, 0.4) is 0 Å². The highest BCUT2D eigenvalue weighted by Crippen LogP contribution is 2.14. The van der Waals surface area contributed by atoms with Crippen LogP contribution in [0.4, 0.5) is 0 Å². The van der Waals surface area contributed by atoms with Gasteiger partial charge in [-0.05, 0) is 36.2 Å². The first kappa shape index (κ1) is 22.6. The molecule has 28 heavy (non-hydrogen) atoms. The summed E-state index contributed by atoms with van der Waals surface area (Å²) in [4.78, 5) is 0. The summed E-state index contributed by atoms with van der Waals surface area (Å²) in [6, 6.07) is 18.7. The van der Waals surface area contributed by atoms with Gasteiger partial charge in [-0.3, -0.25) is 0 Å². The van der Waals surface area contributed by atoms with E-state index in [1.54, 1.807) is 0 Å². The van der Waals surface area contributed by atoms with Gasteiger partial charge in [0.25, 0.3) is 0 Å². The lowest BCUT2D eigenvalue weighted by Gasteiger charge is -2.09. The summed E-state index contributed by atoms with van der Waals surface area (Å²) >= 11 is 5.42. The van der Waals surface area contributed by atoms with Gasteiger partial charge in [0.15, 0.2) is 5.05 Å². The van der Waals surface area contributed by atoms with Crippen molar-refractivity contribution in [3.63, 3.8) is 0 Å². The van der Waals surface area contributed by atoms with Gasteiger partial charge >= 0.3 is 0 Å². The van der Waals surface area contributed by atoms with E-state index < -0.39 is 0 Å². The van der Waals surface area contributed by atoms with Crippen LogP contribution in [-0.2, 0) is 17.8 Å². The molecule has 2 heteroatoms. The van der Waals surface area contributed by atoms with E-state index in [9.17, 15) is 0 Å². The van der Waals surface area contributed by atoms with E-state index >= 15 is 0 Å². The molecule has 0 radical (unpaired) electrons. The second-order valence-electron chi connectivity index (χ2n) is 7.69. The normalized spacial score (nSPS) is 10.8. The van der Waals surface area contributed by atoms with E-state index in [4.69, 9.17) is 17.0 Å². The molecule has 0 aliphatic carbocycles. The highest BCUT2D eigenvalue weighted by molar-refractivity contribution is 7.80. The molecular weight excluding hydrogens is 360 g/mol. The molecule has 0 aliphatic heterocycles. The molecule has 0 amide bonds. The molecule has 0 aliphatic rings. The highest BCUT2D eigenvalue weighted by Gasteiger charge is 2.03. The van der Waals surface area contributed by atoms with Gasteiger partial charge in [-0.25, -0.2) is 0 Å². The van der Waals surface area contributed by atoms with Crippen molar-refractivity contribution in [2.45, 2.75) is 84.2 Å². The maximum absolute atomic E-state index is 5.75. The number of rotatable bonds is 14. The van der Waals surface area contributed by atoms with Gasteiger partial charge in [0.1, 0.15) is 6.61 Å². The molecule has 0 N–H and O–H groups in total. The first-order valence-electron chi connectivity index (χ1n) is 11.1. The van der Waals surface area contributed by atoms with Crippen LogP contribution in [0.1, 0.15) is 87.8 Å². The van der Waals surface area contributed by atoms with E-state index in [0.717, 1.165) is 17.5 Å². The van der Waals surface area contributed by atoms with Crippen LogP contribution in [0.15, 0.2) is 54.6 Å². The molecule has 0 atom stereocenters. The van der Waals surface area contributed by atoms with Gasteiger partial charge in [0.2, 0.25) is 0 Å². The summed E-state index contributed by atoms with van der Waals surface area (Å²) in [6.45, 7) is 2.81. The third kappa shape index (κ3) is 9.50. The van der Waals surface area contributed by atoms with Gasteiger partial charge < -0.3 is 4.74 Å². The number of hydrogen-bond acceptors (Lipinski definition) is 2. The van der Waals surface area contributed by atoms with E-state index in [-0.39, 0.29) is 0 Å². The van der Waals surface area contributed by atoms with E-state index in [2.05, 4.69) is 43.3 Å². The first-order valence-corrected chi connectivity index (χ1v) is 11.5. The molecule has 0 saturated carbocycles. The van der Waals surface area contributed by atoms with E-state index in [1.807, 2.05) is 18.2 Å². The van der Waals surface area contributed by atoms with E-state index in [0.29, 0.717) is 11.7 Å². The SMILES string of the molecule is CCCCCCCCCCCCc1ccc(C(=S)OCc2ccccc2)cc1. The lowest BCUT2D eigenvalue weighted by Crippen LogP contribution is -2.04. The van der Waals surface area contributed by atoms with Gasteiger partial charge in [-0.1, -0.05) is 119 Å². The predicted octanol–water partition coefficient (Wildman–Crippen LogP) is 8.04. The van der Waals surface area contributed by atoms with Crippen molar-refractivity contribution in [2.75, 3.05) is 0 Å². The molecule has 0 unspecified atom stereocenters. The van der Waals surface area contributed by atoms with Crippen LogP contribution in [0.5, 0.6) is 0 Å². The summed E-state index contributed by atoms with van der Waals surface area (Å²) in [5, 5.41) is 0.578. The second-order valence-corrected chi connectivity index (χ2v) is 8.06. The smallest absolute Gasteiger partial charge is 0.191 e. The Morgan fingerprint density at radius 3 is 1.86 bits per heavy atom. The van der Waals surface area contributed by atoms with Crippen molar-refractivity contribution < 1.29 is 4.74 Å². The Morgan fingerprint density at radius 1 is 0.679 bits per heavy atom. The third-order valence-corrected chi connectivity index (χ3v) is 5.57. The van der Waals surface area contributed by atoms with Crippen molar-refractivity contribution in [1.82, 2.24) is 0 Å². The quantitative estimate of drug-likeness (QED) is 0.236. The fourth-order valence-corrected chi connectivity index (χ4v) is 3.63. The molecule has 0 heterocycles. The highest BCUT2D eigenvalue weighted by atomic mass is 32.1. The number of ether oxygens (including phenoxy) is 1. The number of hydrogen-bond donors (Lipinski definition) is 0. The molecule has 0 saturated heterocycles. The Morgan fingerprint density at radius 2 is 1.25 bits per heavy atom. The van der Waals surface area contributed by atoms with Crippen LogP contribution in [0, 0.1) is 0 Å². The van der Waals surface area contributed by atoms with Gasteiger partial charge in [0.05, 0.1) is 0 Å². The Labute approximate surface area is 177 Å². The van der Waals surface area contributed by atoms with Gasteiger partial charge in [0, 0.05) is 5.56 Å². The van der Waals surface area contributed by atoms with Crippen molar-refractivity contribution in [3.05, 3.63) is 71.3 Å². The number of unbranched alkanes of at least 4 members (excludes halogenated alkanes) is 9. The zero-order valence-electron chi connectivity index (χ0n) is 17.5. The number of thiocarbonyl (C=S) groups is 1. The van der Waals surface area contributed by atoms with Crippen LogP contribution < -0.4 is 0 Å². The van der Waals surface area contributed by atoms with E-state index in [1.165, 1.54) is 69.8 Å². The zero-order chi connectivity index (χ0) is 19.9. The van der Waals surface area contributed by atoms with Crippen LogP contribution in [0.2, 0.25) is 0 Å². The molecule has 0 spiro atoms. The molecular formula is C26H36OS. The molecule has 2 aromatic rings. The number of benzene rings is 2. The van der Waals surface area contributed by atoms with Gasteiger partial charge in [-0.2, -0.15) is 0 Å². The van der Waals surface area contributed by atoms with Gasteiger partial charge in [-0.15, -0.1) is 0 Å². The molecule has 2 aromatic carbocycles. The average molecular weight is 397 g/mol. The number of aryl methyl sites for hydroxylation is 1. The fourth-order valence-electron chi connectivity index (χ4n) is 3.43. The molecule has 0 fully saturated rings. The summed E-state index contributed by atoms with van der Waals surface area (Å²) in [7, 11) is 0. The maximum atomic E-state index is 5.75. The zero-order valence-corrected chi connectivity index (χ0v) is 18.3. The second kappa shape index (κ2) is 14.3.